The van der Waals surface area contributed by atoms with Gasteiger partial charge in [-0.3, -0.25) is 4.90 Å². The second kappa shape index (κ2) is 11.0. The molecule has 2 saturated carbocycles. The van der Waals surface area contributed by atoms with E-state index >= 15 is 0 Å². The van der Waals surface area contributed by atoms with Crippen LogP contribution in [0.4, 0.5) is 0 Å². The molecule has 32 heavy (non-hydrogen) atoms. The van der Waals surface area contributed by atoms with Crippen LogP contribution in [0.25, 0.3) is 0 Å². The highest BCUT2D eigenvalue weighted by Gasteiger charge is 2.50. The predicted molar refractivity (Wildman–Crippen MR) is 138 cm³/mol. The van der Waals surface area contributed by atoms with Gasteiger partial charge in [-0.05, 0) is 73.2 Å². The summed E-state index contributed by atoms with van der Waals surface area (Å²) in [5, 5.41) is 11.2. The van der Waals surface area contributed by atoms with Gasteiger partial charge in [0, 0.05) is 12.1 Å². The molecule has 7 atom stereocenters. The Bertz CT molecular complexity index is 647. The van der Waals surface area contributed by atoms with Crippen LogP contribution in [0.1, 0.15) is 99.0 Å². The summed E-state index contributed by atoms with van der Waals surface area (Å²) in [4.78, 5) is 2.95. The molecule has 0 saturated heterocycles. The van der Waals surface area contributed by atoms with E-state index in [1.807, 2.05) is 0 Å². The van der Waals surface area contributed by atoms with E-state index in [0.29, 0.717) is 35.8 Å². The lowest BCUT2D eigenvalue weighted by Gasteiger charge is -2.58. The molecule has 2 aliphatic rings. The van der Waals surface area contributed by atoms with Crippen molar-refractivity contribution in [2.24, 2.45) is 35.5 Å². The second-order valence-corrected chi connectivity index (χ2v) is 12.1. The minimum Gasteiger partial charge on any atom is -0.394 e. The SMILES string of the molecule is CCC(CO)(c1ccccc1)N(C1CC(C)CCC1C(C)C)C1CC(C)CCC1C(C)C. The number of rotatable bonds is 8. The second-order valence-electron chi connectivity index (χ2n) is 12.1. The molecule has 0 aromatic heterocycles. The first kappa shape index (κ1) is 25.8. The zero-order chi connectivity index (χ0) is 23.5. The number of benzene rings is 1. The normalized spacial score (nSPS) is 33.6. The van der Waals surface area contributed by atoms with E-state index in [9.17, 15) is 5.11 Å². The summed E-state index contributed by atoms with van der Waals surface area (Å²) in [5.41, 5.74) is 1.01. The van der Waals surface area contributed by atoms with Crippen LogP contribution in [0.3, 0.4) is 0 Å². The van der Waals surface area contributed by atoms with Gasteiger partial charge in [-0.15, -0.1) is 0 Å². The van der Waals surface area contributed by atoms with Crippen molar-refractivity contribution in [3.63, 3.8) is 0 Å². The third-order valence-electron chi connectivity index (χ3n) is 9.34. The smallest absolute Gasteiger partial charge is 0.0696 e. The molecule has 1 aromatic rings. The lowest BCUT2D eigenvalue weighted by Crippen LogP contribution is -2.64. The largest absolute Gasteiger partial charge is 0.394 e. The van der Waals surface area contributed by atoms with Gasteiger partial charge < -0.3 is 5.11 Å². The monoisotopic (exact) mass is 441 g/mol. The maximum Gasteiger partial charge on any atom is 0.0696 e. The van der Waals surface area contributed by atoms with Crippen molar-refractivity contribution in [3.8, 4) is 0 Å². The van der Waals surface area contributed by atoms with E-state index in [1.54, 1.807) is 0 Å². The first-order valence-electron chi connectivity index (χ1n) is 13.7. The molecule has 0 radical (unpaired) electrons. The van der Waals surface area contributed by atoms with Crippen molar-refractivity contribution in [2.75, 3.05) is 6.61 Å². The van der Waals surface area contributed by atoms with E-state index in [4.69, 9.17) is 0 Å². The number of hydrogen-bond acceptors (Lipinski definition) is 2. The van der Waals surface area contributed by atoms with Crippen LogP contribution < -0.4 is 0 Å². The highest BCUT2D eigenvalue weighted by atomic mass is 16.3. The lowest BCUT2D eigenvalue weighted by atomic mass is 9.66. The van der Waals surface area contributed by atoms with Crippen molar-refractivity contribution in [1.82, 2.24) is 4.90 Å². The number of aliphatic hydroxyl groups excluding tert-OH is 1. The molecule has 0 amide bonds. The van der Waals surface area contributed by atoms with Gasteiger partial charge >= 0.3 is 0 Å². The average Bonchev–Trinajstić information content (AvgIpc) is 2.77. The summed E-state index contributed by atoms with van der Waals surface area (Å²) < 4.78 is 0. The molecule has 0 bridgehead atoms. The average molecular weight is 442 g/mol. The highest BCUT2D eigenvalue weighted by molar-refractivity contribution is 5.26. The molecule has 7 unspecified atom stereocenters. The van der Waals surface area contributed by atoms with E-state index in [-0.39, 0.29) is 12.1 Å². The highest BCUT2D eigenvalue weighted by Crippen LogP contribution is 2.49. The van der Waals surface area contributed by atoms with Crippen LogP contribution in [0.15, 0.2) is 30.3 Å². The first-order chi connectivity index (χ1) is 15.2. The van der Waals surface area contributed by atoms with Crippen LogP contribution in [0.2, 0.25) is 0 Å². The molecular weight excluding hydrogens is 390 g/mol. The minimum absolute atomic E-state index is 0.207. The molecule has 1 N–H and O–H groups in total. The molecule has 1 aromatic carbocycles. The molecule has 182 valence electrons. The summed E-state index contributed by atoms with van der Waals surface area (Å²) in [6, 6.07) is 12.1. The molecule has 2 nitrogen and oxygen atoms in total. The van der Waals surface area contributed by atoms with E-state index < -0.39 is 0 Å². The van der Waals surface area contributed by atoms with Crippen molar-refractivity contribution < 1.29 is 5.11 Å². The van der Waals surface area contributed by atoms with Crippen molar-refractivity contribution >= 4 is 0 Å². The van der Waals surface area contributed by atoms with Gasteiger partial charge in [0.1, 0.15) is 0 Å². The fourth-order valence-corrected chi connectivity index (χ4v) is 7.39. The zero-order valence-electron chi connectivity index (χ0n) is 22.1. The zero-order valence-corrected chi connectivity index (χ0v) is 22.1. The molecular formula is C30H51NO. The van der Waals surface area contributed by atoms with Gasteiger partial charge in [0.2, 0.25) is 0 Å². The molecule has 0 heterocycles. The van der Waals surface area contributed by atoms with Crippen molar-refractivity contribution in [3.05, 3.63) is 35.9 Å². The van der Waals surface area contributed by atoms with Gasteiger partial charge in [0.15, 0.2) is 0 Å². The summed E-state index contributed by atoms with van der Waals surface area (Å²) in [6.45, 7) is 17.2. The fraction of sp³-hybridized carbons (Fsp3) is 0.800. The predicted octanol–water partition coefficient (Wildman–Crippen LogP) is 7.51. The summed E-state index contributed by atoms with van der Waals surface area (Å²) in [6.07, 6.45) is 8.86. The molecule has 3 rings (SSSR count). The minimum atomic E-state index is -0.301. The van der Waals surface area contributed by atoms with Crippen LogP contribution in [0, 0.1) is 35.5 Å². The first-order valence-corrected chi connectivity index (χ1v) is 13.7. The number of aliphatic hydroxyl groups is 1. The molecule has 2 fully saturated rings. The van der Waals surface area contributed by atoms with Crippen molar-refractivity contribution in [2.45, 2.75) is 111 Å². The summed E-state index contributed by atoms with van der Waals surface area (Å²) in [7, 11) is 0. The van der Waals surface area contributed by atoms with Crippen molar-refractivity contribution in [1.29, 1.82) is 0 Å². The third-order valence-corrected chi connectivity index (χ3v) is 9.34. The maximum absolute atomic E-state index is 11.2. The Morgan fingerprint density at radius 3 is 1.69 bits per heavy atom. The molecule has 2 heteroatoms. The lowest BCUT2D eigenvalue weighted by molar-refractivity contribution is -0.113. The van der Waals surface area contributed by atoms with Crippen LogP contribution in [-0.4, -0.2) is 28.7 Å². The van der Waals surface area contributed by atoms with Gasteiger partial charge in [0.25, 0.3) is 0 Å². The van der Waals surface area contributed by atoms with Gasteiger partial charge in [-0.25, -0.2) is 0 Å². The Kier molecular flexibility index (Phi) is 8.89. The molecule has 0 spiro atoms. The van der Waals surface area contributed by atoms with Gasteiger partial charge in [0.05, 0.1) is 12.1 Å². The summed E-state index contributed by atoms with van der Waals surface area (Å²) in [5.74, 6) is 4.30. The number of hydrogen-bond donors (Lipinski definition) is 1. The van der Waals surface area contributed by atoms with Gasteiger partial charge in [-0.1, -0.05) is 91.6 Å². The van der Waals surface area contributed by atoms with E-state index in [0.717, 1.165) is 18.3 Å². The maximum atomic E-state index is 11.2. The van der Waals surface area contributed by atoms with Crippen LogP contribution >= 0.6 is 0 Å². The Morgan fingerprint density at radius 2 is 1.31 bits per heavy atom. The van der Waals surface area contributed by atoms with Gasteiger partial charge in [-0.2, -0.15) is 0 Å². The topological polar surface area (TPSA) is 23.5 Å². The van der Waals surface area contributed by atoms with E-state index in [2.05, 4.69) is 83.7 Å². The quantitative estimate of drug-likeness (QED) is 0.451. The third kappa shape index (κ3) is 5.12. The Balaban J connectivity index is 2.19. The Morgan fingerprint density at radius 1 is 0.844 bits per heavy atom. The molecule has 0 aliphatic heterocycles. The number of nitrogens with zero attached hydrogens (tertiary/aromatic N) is 1. The van der Waals surface area contributed by atoms with E-state index in [1.165, 1.54) is 44.1 Å². The van der Waals surface area contributed by atoms with Crippen LogP contribution in [-0.2, 0) is 5.54 Å². The Labute approximate surface area is 199 Å². The Hall–Kier alpha value is -0.860. The molecule has 2 aliphatic carbocycles. The standard InChI is InChI=1S/C30H51NO/c1-8-30(20-32,25-12-10-9-11-13-25)31(28-18-23(6)14-16-26(28)21(2)3)29-19-24(7)15-17-27(29)22(4)5/h9-13,21-24,26-29,32H,8,14-20H2,1-7H3. The fourth-order valence-electron chi connectivity index (χ4n) is 7.39. The van der Waals surface area contributed by atoms with Crippen LogP contribution in [0.5, 0.6) is 0 Å². The summed E-state index contributed by atoms with van der Waals surface area (Å²) >= 11 is 0.